The Hall–Kier alpha value is -1.40. The van der Waals surface area contributed by atoms with E-state index in [0.29, 0.717) is 30.3 Å². The molecule has 1 aromatic rings. The first-order chi connectivity index (χ1) is 11.7. The first-order valence-corrected chi connectivity index (χ1v) is 9.29. The van der Waals surface area contributed by atoms with Gasteiger partial charge in [-0.1, -0.05) is 0 Å². The van der Waals surface area contributed by atoms with Gasteiger partial charge in [-0.2, -0.15) is 5.10 Å². The van der Waals surface area contributed by atoms with E-state index in [1.54, 1.807) is 0 Å². The summed E-state index contributed by atoms with van der Waals surface area (Å²) in [5, 5.41) is 4.28. The fraction of sp³-hybridized carbons (Fsp3) is 0.778. The number of fused-ring (bicyclic) bond motifs is 1. The molecular weight excluding hydrogens is 304 g/mol. The van der Waals surface area contributed by atoms with Crippen molar-refractivity contribution >= 4 is 5.91 Å². The Bertz CT molecular complexity index is 581. The maximum Gasteiger partial charge on any atom is 0.222 e. The maximum absolute atomic E-state index is 12.5. The fourth-order valence-corrected chi connectivity index (χ4v) is 4.67. The average Bonchev–Trinajstić information content (AvgIpc) is 3.18. The Morgan fingerprint density at radius 3 is 2.79 bits per heavy atom. The van der Waals surface area contributed by atoms with Crippen molar-refractivity contribution in [2.45, 2.75) is 50.7 Å². The van der Waals surface area contributed by atoms with Crippen LogP contribution in [0.4, 0.5) is 0 Å². The molecule has 4 rings (SSSR count). The lowest BCUT2D eigenvalue weighted by Gasteiger charge is -2.42. The molecule has 0 radical (unpaired) electrons. The van der Waals surface area contributed by atoms with Crippen LogP contribution in [0.3, 0.4) is 0 Å². The first-order valence-electron chi connectivity index (χ1n) is 9.29. The van der Waals surface area contributed by atoms with Crippen molar-refractivity contribution in [2.24, 2.45) is 13.0 Å². The summed E-state index contributed by atoms with van der Waals surface area (Å²) in [6.07, 6.45) is 9.07. The van der Waals surface area contributed by atoms with Crippen LogP contribution in [0.25, 0.3) is 0 Å². The highest BCUT2D eigenvalue weighted by Gasteiger charge is 2.43. The lowest BCUT2D eigenvalue weighted by molar-refractivity contribution is -0.139. The van der Waals surface area contributed by atoms with Crippen molar-refractivity contribution in [3.63, 3.8) is 0 Å². The largest absolute Gasteiger partial charge is 0.381 e. The monoisotopic (exact) mass is 332 g/mol. The highest BCUT2D eigenvalue weighted by molar-refractivity contribution is 5.77. The van der Waals surface area contributed by atoms with E-state index in [4.69, 9.17) is 4.74 Å². The van der Waals surface area contributed by atoms with Crippen molar-refractivity contribution < 1.29 is 9.53 Å². The summed E-state index contributed by atoms with van der Waals surface area (Å²) in [6, 6.07) is 0.925. The first kappa shape index (κ1) is 16.1. The molecule has 0 spiro atoms. The number of carbonyl (C=O) groups is 1. The van der Waals surface area contributed by atoms with Gasteiger partial charge in [0.1, 0.15) is 0 Å². The predicted octanol–water partition coefficient (Wildman–Crippen LogP) is 1.41. The van der Waals surface area contributed by atoms with E-state index < -0.39 is 0 Å². The molecule has 6 nitrogen and oxygen atoms in total. The molecule has 6 heteroatoms. The highest BCUT2D eigenvalue weighted by atomic mass is 16.5. The second-order valence-electron chi connectivity index (χ2n) is 7.56. The second kappa shape index (κ2) is 6.84. The summed E-state index contributed by atoms with van der Waals surface area (Å²) >= 11 is 0. The Morgan fingerprint density at radius 1 is 1.21 bits per heavy atom. The van der Waals surface area contributed by atoms with Crippen molar-refractivity contribution in [1.82, 2.24) is 19.6 Å². The predicted molar refractivity (Wildman–Crippen MR) is 90.3 cm³/mol. The number of piperidine rings is 1. The number of hydrogen-bond donors (Lipinski definition) is 0. The van der Waals surface area contributed by atoms with Gasteiger partial charge in [0.05, 0.1) is 6.20 Å². The van der Waals surface area contributed by atoms with Crippen molar-refractivity contribution in [3.05, 3.63) is 18.0 Å². The topological polar surface area (TPSA) is 50.6 Å². The third kappa shape index (κ3) is 3.22. The highest BCUT2D eigenvalue weighted by Crippen LogP contribution is 2.33. The number of amides is 1. The Kier molecular flexibility index (Phi) is 4.59. The molecule has 3 aliphatic heterocycles. The molecule has 1 aromatic heterocycles. The third-order valence-electron chi connectivity index (χ3n) is 5.94. The maximum atomic E-state index is 12.5. The molecule has 4 heterocycles. The number of hydrogen-bond acceptors (Lipinski definition) is 4. The van der Waals surface area contributed by atoms with Gasteiger partial charge in [0.15, 0.2) is 0 Å². The van der Waals surface area contributed by atoms with Gasteiger partial charge in [0, 0.05) is 70.2 Å². The second-order valence-corrected chi connectivity index (χ2v) is 7.56. The van der Waals surface area contributed by atoms with Crippen LogP contribution >= 0.6 is 0 Å². The van der Waals surface area contributed by atoms with Crippen LogP contribution in [-0.2, 0) is 23.1 Å². The van der Waals surface area contributed by atoms with E-state index in [9.17, 15) is 4.79 Å². The number of likely N-dealkylation sites (tertiary alicyclic amines) is 2. The fourth-order valence-electron chi connectivity index (χ4n) is 4.67. The standard InChI is InChI=1S/C18H28N4O2/c1-20-11-15(10-19-20)12-21-7-4-17-16(21)2-3-18(23)22(17)13-14-5-8-24-9-6-14/h10-11,14,16-17H,2-9,12-13H2,1H3/t16-,17-/m0/s1. The summed E-state index contributed by atoms with van der Waals surface area (Å²) < 4.78 is 7.33. The summed E-state index contributed by atoms with van der Waals surface area (Å²) in [6.45, 7) is 4.68. The summed E-state index contributed by atoms with van der Waals surface area (Å²) in [7, 11) is 1.96. The minimum atomic E-state index is 0.367. The number of aromatic nitrogens is 2. The molecule has 24 heavy (non-hydrogen) atoms. The molecule has 0 saturated carbocycles. The van der Waals surface area contributed by atoms with Gasteiger partial charge < -0.3 is 9.64 Å². The van der Waals surface area contributed by atoms with Gasteiger partial charge >= 0.3 is 0 Å². The van der Waals surface area contributed by atoms with Crippen LogP contribution in [0.5, 0.6) is 0 Å². The van der Waals surface area contributed by atoms with Gasteiger partial charge in [-0.3, -0.25) is 14.4 Å². The van der Waals surface area contributed by atoms with Crippen LogP contribution in [0.2, 0.25) is 0 Å². The summed E-state index contributed by atoms with van der Waals surface area (Å²) in [5.41, 5.74) is 1.27. The zero-order valence-corrected chi connectivity index (χ0v) is 14.6. The number of ether oxygens (including phenoxy) is 1. The van der Waals surface area contributed by atoms with E-state index in [1.807, 2.05) is 17.9 Å². The average molecular weight is 332 g/mol. The number of aryl methyl sites for hydroxylation is 1. The summed E-state index contributed by atoms with van der Waals surface area (Å²) in [5.74, 6) is 0.986. The minimum absolute atomic E-state index is 0.367. The SMILES string of the molecule is Cn1cc(CN2CC[C@H]3[C@@H]2CCC(=O)N3CC2CCOCC2)cn1. The van der Waals surface area contributed by atoms with E-state index in [0.717, 1.165) is 58.5 Å². The van der Waals surface area contributed by atoms with Gasteiger partial charge in [-0.15, -0.1) is 0 Å². The van der Waals surface area contributed by atoms with Gasteiger partial charge in [0.25, 0.3) is 0 Å². The van der Waals surface area contributed by atoms with Crippen LogP contribution in [0, 0.1) is 5.92 Å². The molecule has 0 aliphatic carbocycles. The molecule has 1 amide bonds. The van der Waals surface area contributed by atoms with Gasteiger partial charge in [0.2, 0.25) is 5.91 Å². The molecule has 3 fully saturated rings. The van der Waals surface area contributed by atoms with Crippen LogP contribution < -0.4 is 0 Å². The van der Waals surface area contributed by atoms with Crippen molar-refractivity contribution in [2.75, 3.05) is 26.3 Å². The number of rotatable bonds is 4. The normalized spacial score (nSPS) is 29.2. The Balaban J connectivity index is 1.42. The van der Waals surface area contributed by atoms with E-state index in [1.165, 1.54) is 5.56 Å². The zero-order valence-electron chi connectivity index (χ0n) is 14.6. The van der Waals surface area contributed by atoms with E-state index in [2.05, 4.69) is 21.1 Å². The molecule has 2 atom stereocenters. The zero-order chi connectivity index (χ0) is 16.5. The third-order valence-corrected chi connectivity index (χ3v) is 5.94. The lowest BCUT2D eigenvalue weighted by atomic mass is 9.92. The molecule has 0 N–H and O–H groups in total. The molecule has 0 aromatic carbocycles. The number of nitrogens with zero attached hydrogens (tertiary/aromatic N) is 4. The smallest absolute Gasteiger partial charge is 0.222 e. The number of carbonyl (C=O) groups excluding carboxylic acids is 1. The van der Waals surface area contributed by atoms with Crippen LogP contribution in [0.1, 0.15) is 37.7 Å². The minimum Gasteiger partial charge on any atom is -0.381 e. The molecule has 0 bridgehead atoms. The van der Waals surface area contributed by atoms with Gasteiger partial charge in [-0.05, 0) is 31.6 Å². The van der Waals surface area contributed by atoms with Crippen LogP contribution in [-0.4, -0.2) is 63.9 Å². The summed E-state index contributed by atoms with van der Waals surface area (Å²) in [4.78, 5) is 17.3. The lowest BCUT2D eigenvalue weighted by Crippen LogP contribution is -2.53. The molecule has 0 unspecified atom stereocenters. The molecule has 3 aliphatic rings. The molecule has 132 valence electrons. The quantitative estimate of drug-likeness (QED) is 0.837. The molecule has 3 saturated heterocycles. The van der Waals surface area contributed by atoms with E-state index in [-0.39, 0.29) is 0 Å². The van der Waals surface area contributed by atoms with Crippen molar-refractivity contribution in [1.29, 1.82) is 0 Å². The van der Waals surface area contributed by atoms with Crippen molar-refractivity contribution in [3.8, 4) is 0 Å². The Morgan fingerprint density at radius 2 is 2.04 bits per heavy atom. The van der Waals surface area contributed by atoms with Crippen LogP contribution in [0.15, 0.2) is 12.4 Å². The van der Waals surface area contributed by atoms with E-state index >= 15 is 0 Å². The molecular formula is C18H28N4O2. The Labute approximate surface area is 143 Å². The van der Waals surface area contributed by atoms with Gasteiger partial charge in [-0.25, -0.2) is 0 Å².